The van der Waals surface area contributed by atoms with Crippen LogP contribution in [0.3, 0.4) is 0 Å². The van der Waals surface area contributed by atoms with Gasteiger partial charge in [0.15, 0.2) is 5.16 Å². The first-order chi connectivity index (χ1) is 14.4. The zero-order valence-electron chi connectivity index (χ0n) is 17.7. The van der Waals surface area contributed by atoms with Gasteiger partial charge in [-0.3, -0.25) is 14.2 Å². The number of nitrogens with zero attached hydrogens (tertiary/aromatic N) is 3. The second kappa shape index (κ2) is 8.64. The van der Waals surface area contributed by atoms with E-state index in [2.05, 4.69) is 6.92 Å². The van der Waals surface area contributed by atoms with Crippen LogP contribution in [0.4, 0.5) is 0 Å². The SMILES string of the molecule is Cc1ccc(C)c(-n2c(SCC(=O)N3CCC[C@@H](C)C3)nc3ccccc3c2=O)c1. The van der Waals surface area contributed by atoms with E-state index in [1.165, 1.54) is 18.2 Å². The Labute approximate surface area is 181 Å². The summed E-state index contributed by atoms with van der Waals surface area (Å²) in [6.07, 6.45) is 2.23. The monoisotopic (exact) mass is 421 g/mol. The minimum atomic E-state index is -0.101. The number of piperidine rings is 1. The smallest absolute Gasteiger partial charge is 0.266 e. The van der Waals surface area contributed by atoms with Gasteiger partial charge in [0, 0.05) is 13.1 Å². The van der Waals surface area contributed by atoms with E-state index in [4.69, 9.17) is 4.98 Å². The molecule has 1 fully saturated rings. The van der Waals surface area contributed by atoms with E-state index in [1.54, 1.807) is 10.6 Å². The van der Waals surface area contributed by atoms with E-state index >= 15 is 0 Å². The number of hydrogen-bond acceptors (Lipinski definition) is 4. The van der Waals surface area contributed by atoms with Crippen LogP contribution in [-0.2, 0) is 4.79 Å². The number of aryl methyl sites for hydroxylation is 2. The van der Waals surface area contributed by atoms with Crippen LogP contribution in [0, 0.1) is 19.8 Å². The van der Waals surface area contributed by atoms with E-state index in [0.717, 1.165) is 36.3 Å². The first kappa shape index (κ1) is 20.7. The van der Waals surface area contributed by atoms with Gasteiger partial charge in [-0.15, -0.1) is 0 Å². The van der Waals surface area contributed by atoms with Crippen molar-refractivity contribution in [1.82, 2.24) is 14.5 Å². The highest BCUT2D eigenvalue weighted by Gasteiger charge is 2.22. The van der Waals surface area contributed by atoms with Gasteiger partial charge >= 0.3 is 0 Å². The molecule has 1 aliphatic heterocycles. The lowest BCUT2D eigenvalue weighted by Crippen LogP contribution is -2.40. The molecule has 4 rings (SSSR count). The van der Waals surface area contributed by atoms with E-state index in [1.807, 2.05) is 55.1 Å². The van der Waals surface area contributed by atoms with Gasteiger partial charge in [0.25, 0.3) is 5.56 Å². The third kappa shape index (κ3) is 4.15. The molecular formula is C24H27N3O2S. The van der Waals surface area contributed by atoms with Crippen LogP contribution in [0.15, 0.2) is 52.4 Å². The first-order valence-corrected chi connectivity index (χ1v) is 11.4. The molecule has 0 bridgehead atoms. The summed E-state index contributed by atoms with van der Waals surface area (Å²) in [7, 11) is 0. The van der Waals surface area contributed by atoms with Gasteiger partial charge in [0.2, 0.25) is 5.91 Å². The second-order valence-corrected chi connectivity index (χ2v) is 9.16. The number of aromatic nitrogens is 2. The normalized spacial score (nSPS) is 16.8. The summed E-state index contributed by atoms with van der Waals surface area (Å²) in [5, 5.41) is 1.14. The van der Waals surface area contributed by atoms with E-state index in [0.29, 0.717) is 22.0 Å². The van der Waals surface area contributed by atoms with Crippen LogP contribution in [0.5, 0.6) is 0 Å². The quantitative estimate of drug-likeness (QED) is 0.464. The van der Waals surface area contributed by atoms with E-state index in [-0.39, 0.29) is 17.2 Å². The number of fused-ring (bicyclic) bond motifs is 1. The maximum absolute atomic E-state index is 13.4. The Hall–Kier alpha value is -2.60. The van der Waals surface area contributed by atoms with Crippen molar-refractivity contribution in [3.8, 4) is 5.69 Å². The largest absolute Gasteiger partial charge is 0.342 e. The van der Waals surface area contributed by atoms with Crippen LogP contribution >= 0.6 is 11.8 Å². The third-order valence-corrected chi connectivity index (χ3v) is 6.61. The van der Waals surface area contributed by atoms with Gasteiger partial charge in [0.1, 0.15) is 0 Å². The van der Waals surface area contributed by atoms with Crippen LogP contribution in [0.2, 0.25) is 0 Å². The van der Waals surface area contributed by atoms with Gasteiger partial charge < -0.3 is 4.90 Å². The molecule has 30 heavy (non-hydrogen) atoms. The average Bonchev–Trinajstić information content (AvgIpc) is 2.74. The van der Waals surface area contributed by atoms with Gasteiger partial charge in [-0.2, -0.15) is 0 Å². The molecule has 0 radical (unpaired) electrons. The highest BCUT2D eigenvalue weighted by molar-refractivity contribution is 7.99. The van der Waals surface area contributed by atoms with Crippen molar-refractivity contribution >= 4 is 28.6 Å². The second-order valence-electron chi connectivity index (χ2n) is 8.22. The Kier molecular flexibility index (Phi) is 5.95. The molecular weight excluding hydrogens is 394 g/mol. The Morgan fingerprint density at radius 1 is 1.20 bits per heavy atom. The molecule has 2 aromatic carbocycles. The number of hydrogen-bond donors (Lipinski definition) is 0. The third-order valence-electron chi connectivity index (χ3n) is 5.68. The van der Waals surface area contributed by atoms with E-state index in [9.17, 15) is 9.59 Å². The van der Waals surface area contributed by atoms with E-state index < -0.39 is 0 Å². The van der Waals surface area contributed by atoms with Crippen LogP contribution in [-0.4, -0.2) is 39.2 Å². The zero-order chi connectivity index (χ0) is 21.3. The molecule has 1 aromatic heterocycles. The number of benzene rings is 2. The summed E-state index contributed by atoms with van der Waals surface area (Å²) in [6.45, 7) is 7.82. The topological polar surface area (TPSA) is 55.2 Å². The van der Waals surface area contributed by atoms with Crippen molar-refractivity contribution in [2.75, 3.05) is 18.8 Å². The fourth-order valence-electron chi connectivity index (χ4n) is 4.02. The van der Waals surface area contributed by atoms with Gasteiger partial charge in [-0.25, -0.2) is 4.98 Å². The molecule has 0 unspecified atom stereocenters. The summed E-state index contributed by atoms with van der Waals surface area (Å²) >= 11 is 1.35. The Bertz CT molecular complexity index is 1150. The average molecular weight is 422 g/mol. The van der Waals surface area contributed by atoms with Crippen LogP contribution < -0.4 is 5.56 Å². The molecule has 1 atom stereocenters. The predicted octanol–water partition coefficient (Wildman–Crippen LogP) is 4.35. The van der Waals surface area contributed by atoms with Gasteiger partial charge in [0.05, 0.1) is 22.3 Å². The maximum Gasteiger partial charge on any atom is 0.266 e. The first-order valence-electron chi connectivity index (χ1n) is 10.4. The maximum atomic E-state index is 13.4. The van der Waals surface area contributed by atoms with Crippen molar-refractivity contribution in [3.05, 3.63) is 63.9 Å². The van der Waals surface area contributed by atoms with Crippen LogP contribution in [0.25, 0.3) is 16.6 Å². The Balaban J connectivity index is 1.74. The van der Waals surface area contributed by atoms with Gasteiger partial charge in [-0.1, -0.05) is 43.0 Å². The number of carbonyl (C=O) groups excluding carboxylic acids is 1. The summed E-state index contributed by atoms with van der Waals surface area (Å²) in [5.74, 6) is 0.934. The predicted molar refractivity (Wildman–Crippen MR) is 123 cm³/mol. The molecule has 0 spiro atoms. The number of para-hydroxylation sites is 1. The standard InChI is InChI=1S/C24H27N3O2S/c1-16-10-11-18(3)21(13-16)27-23(29)19-8-4-5-9-20(19)25-24(27)30-15-22(28)26-12-6-7-17(2)14-26/h4-5,8-11,13,17H,6-7,12,14-15H2,1-3H3/t17-/m1/s1. The fourth-order valence-corrected chi connectivity index (χ4v) is 4.92. The lowest BCUT2D eigenvalue weighted by atomic mass is 10.0. The van der Waals surface area contributed by atoms with Crippen molar-refractivity contribution in [2.45, 2.75) is 38.8 Å². The summed E-state index contributed by atoms with van der Waals surface area (Å²) in [6, 6.07) is 13.4. The molecule has 1 amide bonds. The number of carbonyl (C=O) groups is 1. The summed E-state index contributed by atoms with van der Waals surface area (Å²) < 4.78 is 1.67. The molecule has 0 aliphatic carbocycles. The highest BCUT2D eigenvalue weighted by Crippen LogP contribution is 2.25. The zero-order valence-corrected chi connectivity index (χ0v) is 18.5. The molecule has 1 aliphatic rings. The number of amides is 1. The number of thioether (sulfide) groups is 1. The molecule has 0 N–H and O–H groups in total. The molecule has 2 heterocycles. The lowest BCUT2D eigenvalue weighted by molar-refractivity contribution is -0.130. The molecule has 5 nitrogen and oxygen atoms in total. The number of rotatable bonds is 4. The summed E-state index contributed by atoms with van der Waals surface area (Å²) in [5.41, 5.74) is 3.45. The minimum absolute atomic E-state index is 0.101. The molecule has 6 heteroatoms. The highest BCUT2D eigenvalue weighted by atomic mass is 32.2. The molecule has 1 saturated heterocycles. The number of likely N-dealkylation sites (tertiary alicyclic amines) is 1. The Morgan fingerprint density at radius 2 is 2.00 bits per heavy atom. The molecule has 156 valence electrons. The van der Waals surface area contributed by atoms with Crippen molar-refractivity contribution < 1.29 is 4.79 Å². The molecule has 0 saturated carbocycles. The molecule has 3 aromatic rings. The fraction of sp³-hybridized carbons (Fsp3) is 0.375. The van der Waals surface area contributed by atoms with Crippen molar-refractivity contribution in [1.29, 1.82) is 0 Å². The van der Waals surface area contributed by atoms with Gasteiger partial charge in [-0.05, 0) is 61.9 Å². The lowest BCUT2D eigenvalue weighted by Gasteiger charge is -2.30. The van der Waals surface area contributed by atoms with Crippen molar-refractivity contribution in [2.24, 2.45) is 5.92 Å². The van der Waals surface area contributed by atoms with Crippen molar-refractivity contribution in [3.63, 3.8) is 0 Å². The minimum Gasteiger partial charge on any atom is -0.342 e. The summed E-state index contributed by atoms with van der Waals surface area (Å²) in [4.78, 5) is 33.0. The Morgan fingerprint density at radius 3 is 2.80 bits per heavy atom. The van der Waals surface area contributed by atoms with Crippen LogP contribution in [0.1, 0.15) is 30.9 Å².